The normalized spacial score (nSPS) is 11.1. The van der Waals surface area contributed by atoms with Gasteiger partial charge in [-0.1, -0.05) is 12.1 Å². The van der Waals surface area contributed by atoms with Gasteiger partial charge in [-0.25, -0.2) is 8.42 Å². The number of para-hydroxylation sites is 1. The second-order valence-electron chi connectivity index (χ2n) is 3.43. The largest absolute Gasteiger partial charge is 0.495 e. The fourth-order valence-corrected chi connectivity index (χ4v) is 2.37. The van der Waals surface area contributed by atoms with Gasteiger partial charge in [-0.05, 0) is 18.1 Å². The van der Waals surface area contributed by atoms with Crippen LogP contribution < -0.4 is 4.74 Å². The summed E-state index contributed by atoms with van der Waals surface area (Å²) in [6, 6.07) is 4.91. The van der Waals surface area contributed by atoms with Crippen molar-refractivity contribution >= 4 is 16.1 Å². The molecule has 4 nitrogen and oxygen atoms in total. The molecule has 0 fully saturated rings. The van der Waals surface area contributed by atoms with Gasteiger partial charge in [0, 0.05) is 12.7 Å². The number of carbonyl (C=O) groups excluding carboxylic acids is 1. The van der Waals surface area contributed by atoms with Crippen molar-refractivity contribution in [3.8, 4) is 5.75 Å². The average molecular weight is 242 g/mol. The van der Waals surface area contributed by atoms with Crippen LogP contribution in [0.3, 0.4) is 0 Å². The van der Waals surface area contributed by atoms with E-state index in [-0.39, 0.29) is 4.90 Å². The first kappa shape index (κ1) is 12.7. The Kier molecular flexibility index (Phi) is 4.06. The van der Waals surface area contributed by atoms with Crippen LogP contribution in [0.15, 0.2) is 23.1 Å². The molecule has 0 unspecified atom stereocenters. The SMILES string of the molecule is COc1c(CCC=O)cccc1S(C)(=O)=O. The molecule has 0 amide bonds. The van der Waals surface area contributed by atoms with Gasteiger partial charge in [0.1, 0.15) is 16.9 Å². The molecule has 0 saturated carbocycles. The summed E-state index contributed by atoms with van der Waals surface area (Å²) in [7, 11) is -1.88. The maximum absolute atomic E-state index is 11.5. The fraction of sp³-hybridized carbons (Fsp3) is 0.364. The lowest BCUT2D eigenvalue weighted by molar-refractivity contribution is -0.107. The van der Waals surface area contributed by atoms with Gasteiger partial charge in [0.05, 0.1) is 7.11 Å². The lowest BCUT2D eigenvalue weighted by Gasteiger charge is -2.11. The Balaban J connectivity index is 3.26. The van der Waals surface area contributed by atoms with Gasteiger partial charge in [0.15, 0.2) is 9.84 Å². The van der Waals surface area contributed by atoms with Crippen LogP contribution in [0.1, 0.15) is 12.0 Å². The van der Waals surface area contributed by atoms with Crippen molar-refractivity contribution in [2.24, 2.45) is 0 Å². The number of aldehydes is 1. The van der Waals surface area contributed by atoms with Crippen LogP contribution >= 0.6 is 0 Å². The fourth-order valence-electron chi connectivity index (χ4n) is 1.50. The Hall–Kier alpha value is -1.36. The van der Waals surface area contributed by atoms with Gasteiger partial charge < -0.3 is 9.53 Å². The molecule has 1 aromatic rings. The van der Waals surface area contributed by atoms with Gasteiger partial charge in [0.2, 0.25) is 0 Å². The molecule has 1 aromatic carbocycles. The molecule has 0 N–H and O–H groups in total. The molecule has 0 aliphatic rings. The van der Waals surface area contributed by atoms with E-state index in [1.807, 2.05) is 0 Å². The summed E-state index contributed by atoms with van der Waals surface area (Å²) in [5, 5.41) is 0. The Labute approximate surface area is 95.2 Å². The minimum Gasteiger partial charge on any atom is -0.495 e. The summed E-state index contributed by atoms with van der Waals surface area (Å²) >= 11 is 0. The predicted octanol–water partition coefficient (Wildman–Crippen LogP) is 1.23. The minimum atomic E-state index is -3.31. The minimum absolute atomic E-state index is 0.165. The third-order valence-corrected chi connectivity index (χ3v) is 3.32. The van der Waals surface area contributed by atoms with Gasteiger partial charge in [-0.15, -0.1) is 0 Å². The molecule has 0 aliphatic carbocycles. The average Bonchev–Trinajstić information content (AvgIpc) is 2.24. The van der Waals surface area contributed by atoms with Crippen LogP contribution in [-0.2, 0) is 21.1 Å². The monoisotopic (exact) mass is 242 g/mol. The number of ether oxygens (including phenoxy) is 1. The number of sulfone groups is 1. The van der Waals surface area contributed by atoms with Crippen LogP contribution in [0.2, 0.25) is 0 Å². The summed E-state index contributed by atoms with van der Waals surface area (Å²) in [6.45, 7) is 0. The highest BCUT2D eigenvalue weighted by molar-refractivity contribution is 7.90. The second kappa shape index (κ2) is 5.12. The molecule has 0 aromatic heterocycles. The highest BCUT2D eigenvalue weighted by Gasteiger charge is 2.16. The van der Waals surface area contributed by atoms with Crippen molar-refractivity contribution in [2.45, 2.75) is 17.7 Å². The quantitative estimate of drug-likeness (QED) is 0.729. The Morgan fingerprint density at radius 2 is 2.06 bits per heavy atom. The van der Waals surface area contributed by atoms with Crippen LogP contribution in [0.25, 0.3) is 0 Å². The molecule has 1 rings (SSSR count). The summed E-state index contributed by atoms with van der Waals surface area (Å²) < 4.78 is 28.1. The van der Waals surface area contributed by atoms with Crippen molar-refractivity contribution < 1.29 is 17.9 Å². The Bertz CT molecular complexity index is 477. The van der Waals surface area contributed by atoms with E-state index in [0.717, 1.165) is 18.1 Å². The summed E-state index contributed by atoms with van der Waals surface area (Å²) in [4.78, 5) is 10.5. The number of rotatable bonds is 5. The summed E-state index contributed by atoms with van der Waals surface area (Å²) in [6.07, 6.45) is 2.76. The molecular weight excluding hydrogens is 228 g/mol. The maximum Gasteiger partial charge on any atom is 0.179 e. The van der Waals surface area contributed by atoms with Crippen LogP contribution in [-0.4, -0.2) is 28.1 Å². The van der Waals surface area contributed by atoms with Gasteiger partial charge in [-0.2, -0.15) is 0 Å². The van der Waals surface area contributed by atoms with Crippen molar-refractivity contribution in [2.75, 3.05) is 13.4 Å². The standard InChI is InChI=1S/C11H14O4S/c1-15-11-9(6-4-8-12)5-3-7-10(11)16(2,13)14/h3,5,7-8H,4,6H2,1-2H3. The molecule has 0 saturated heterocycles. The van der Waals surface area contributed by atoms with E-state index in [0.29, 0.717) is 18.6 Å². The van der Waals surface area contributed by atoms with Gasteiger partial charge in [0.25, 0.3) is 0 Å². The number of aryl methyl sites for hydroxylation is 1. The highest BCUT2D eigenvalue weighted by Crippen LogP contribution is 2.28. The molecule has 16 heavy (non-hydrogen) atoms. The highest BCUT2D eigenvalue weighted by atomic mass is 32.2. The van der Waals surface area contributed by atoms with E-state index >= 15 is 0 Å². The van der Waals surface area contributed by atoms with E-state index in [1.54, 1.807) is 12.1 Å². The lowest BCUT2D eigenvalue weighted by Crippen LogP contribution is -2.03. The number of hydrogen-bond donors (Lipinski definition) is 0. The number of carbonyl (C=O) groups is 1. The molecule has 5 heteroatoms. The lowest BCUT2D eigenvalue weighted by atomic mass is 10.1. The summed E-state index contributed by atoms with van der Waals surface area (Å²) in [5.41, 5.74) is 0.734. The topological polar surface area (TPSA) is 60.4 Å². The molecule has 0 heterocycles. The molecule has 0 atom stereocenters. The molecule has 0 bridgehead atoms. The number of benzene rings is 1. The Morgan fingerprint density at radius 3 is 2.56 bits per heavy atom. The van der Waals surface area contributed by atoms with Crippen molar-refractivity contribution in [3.63, 3.8) is 0 Å². The van der Waals surface area contributed by atoms with E-state index in [1.165, 1.54) is 13.2 Å². The van der Waals surface area contributed by atoms with E-state index < -0.39 is 9.84 Å². The summed E-state index contributed by atoms with van der Waals surface area (Å²) in [5.74, 6) is 0.340. The van der Waals surface area contributed by atoms with E-state index in [9.17, 15) is 13.2 Å². The van der Waals surface area contributed by atoms with Crippen LogP contribution in [0.4, 0.5) is 0 Å². The third-order valence-electron chi connectivity index (χ3n) is 2.20. The first-order valence-corrected chi connectivity index (χ1v) is 6.69. The van der Waals surface area contributed by atoms with Gasteiger partial charge >= 0.3 is 0 Å². The van der Waals surface area contributed by atoms with E-state index in [4.69, 9.17) is 4.74 Å². The number of methoxy groups -OCH3 is 1. The van der Waals surface area contributed by atoms with Crippen LogP contribution in [0.5, 0.6) is 5.75 Å². The first-order chi connectivity index (χ1) is 7.50. The van der Waals surface area contributed by atoms with Crippen molar-refractivity contribution in [1.29, 1.82) is 0 Å². The molecular formula is C11H14O4S. The molecule has 88 valence electrons. The van der Waals surface area contributed by atoms with Crippen molar-refractivity contribution in [1.82, 2.24) is 0 Å². The van der Waals surface area contributed by atoms with Crippen molar-refractivity contribution in [3.05, 3.63) is 23.8 Å². The second-order valence-corrected chi connectivity index (χ2v) is 5.41. The van der Waals surface area contributed by atoms with Gasteiger partial charge in [-0.3, -0.25) is 0 Å². The van der Waals surface area contributed by atoms with E-state index in [2.05, 4.69) is 0 Å². The zero-order valence-corrected chi connectivity index (χ0v) is 10.1. The third kappa shape index (κ3) is 2.82. The zero-order chi connectivity index (χ0) is 12.2. The predicted molar refractivity (Wildman–Crippen MR) is 60.5 cm³/mol. The first-order valence-electron chi connectivity index (χ1n) is 4.80. The molecule has 0 spiro atoms. The van der Waals surface area contributed by atoms with Crippen LogP contribution in [0, 0.1) is 0 Å². The molecule has 0 aliphatic heterocycles. The molecule has 0 radical (unpaired) electrons. The Morgan fingerprint density at radius 1 is 1.38 bits per heavy atom. The maximum atomic E-state index is 11.5. The smallest absolute Gasteiger partial charge is 0.179 e. The number of hydrogen-bond acceptors (Lipinski definition) is 4. The zero-order valence-electron chi connectivity index (χ0n) is 9.26.